The summed E-state index contributed by atoms with van der Waals surface area (Å²) in [4.78, 5) is 28.7. The van der Waals surface area contributed by atoms with Gasteiger partial charge in [0.15, 0.2) is 0 Å². The van der Waals surface area contributed by atoms with Gasteiger partial charge in [-0.3, -0.25) is 13.9 Å². The second kappa shape index (κ2) is 9.52. The van der Waals surface area contributed by atoms with Crippen molar-refractivity contribution < 1.29 is 22.7 Å². The molecule has 0 N–H and O–H groups in total. The Morgan fingerprint density at radius 2 is 1.64 bits per heavy atom. The van der Waals surface area contributed by atoms with E-state index in [0.717, 1.165) is 16.8 Å². The number of carbonyl (C=O) groups excluding carboxylic acids is 2. The summed E-state index contributed by atoms with van der Waals surface area (Å²) in [5.41, 5.74) is 3.18. The summed E-state index contributed by atoms with van der Waals surface area (Å²) < 4.78 is 32.8. The highest BCUT2D eigenvalue weighted by atomic mass is 32.2. The molecule has 0 aliphatic carbocycles. The summed E-state index contributed by atoms with van der Waals surface area (Å²) in [6.07, 6.45) is 0.875. The van der Waals surface area contributed by atoms with Gasteiger partial charge in [-0.2, -0.15) is 0 Å². The van der Waals surface area contributed by atoms with E-state index in [0.29, 0.717) is 45.0 Å². The lowest BCUT2D eigenvalue weighted by molar-refractivity contribution is -0.136. The molecule has 1 fully saturated rings. The molecule has 1 saturated heterocycles. The summed E-state index contributed by atoms with van der Waals surface area (Å²) in [7, 11) is -2.19. The molecule has 2 amide bonds. The van der Waals surface area contributed by atoms with E-state index in [-0.39, 0.29) is 29.6 Å². The molecule has 33 heavy (non-hydrogen) atoms. The third-order valence-corrected chi connectivity index (χ3v) is 8.00. The molecular weight excluding hydrogens is 442 g/mol. The van der Waals surface area contributed by atoms with Crippen molar-refractivity contribution in [1.29, 1.82) is 0 Å². The SMILES string of the molecule is Cc1ccc(N(C)S(=O)(=O)c2ccc3c(c2)CCN3C(=O)CCC(=O)N2CCOCC2)cc1. The minimum Gasteiger partial charge on any atom is -0.378 e. The van der Waals surface area contributed by atoms with Gasteiger partial charge in [0, 0.05) is 45.2 Å². The number of amides is 2. The smallest absolute Gasteiger partial charge is 0.264 e. The lowest BCUT2D eigenvalue weighted by atomic mass is 10.2. The highest BCUT2D eigenvalue weighted by Gasteiger charge is 2.29. The average Bonchev–Trinajstić information content (AvgIpc) is 3.26. The van der Waals surface area contributed by atoms with Crippen LogP contribution in [0.25, 0.3) is 0 Å². The molecular formula is C24H29N3O5S. The van der Waals surface area contributed by atoms with Gasteiger partial charge >= 0.3 is 0 Å². The van der Waals surface area contributed by atoms with Crippen LogP contribution in [-0.2, 0) is 30.8 Å². The average molecular weight is 472 g/mol. The van der Waals surface area contributed by atoms with Crippen LogP contribution in [0.15, 0.2) is 47.4 Å². The standard InChI is InChI=1S/C24H29N3O5S/c1-18-3-5-20(6-4-18)25(2)33(30,31)21-7-8-22-19(17-21)11-12-27(22)24(29)10-9-23(28)26-13-15-32-16-14-26/h3-8,17H,9-16H2,1-2H3. The summed E-state index contributed by atoms with van der Waals surface area (Å²) in [6.45, 7) is 4.62. The summed E-state index contributed by atoms with van der Waals surface area (Å²) >= 11 is 0. The maximum Gasteiger partial charge on any atom is 0.264 e. The Morgan fingerprint density at radius 1 is 0.970 bits per heavy atom. The Kier molecular flexibility index (Phi) is 6.71. The number of benzene rings is 2. The predicted octanol–water partition coefficient (Wildman–Crippen LogP) is 2.35. The number of rotatable bonds is 6. The Labute approximate surface area is 194 Å². The number of carbonyl (C=O) groups is 2. The summed E-state index contributed by atoms with van der Waals surface area (Å²) in [5.74, 6) is -0.158. The first-order chi connectivity index (χ1) is 15.8. The van der Waals surface area contributed by atoms with E-state index in [1.807, 2.05) is 19.1 Å². The molecule has 0 unspecified atom stereocenters. The van der Waals surface area contributed by atoms with Gasteiger partial charge in [0.2, 0.25) is 11.8 Å². The summed E-state index contributed by atoms with van der Waals surface area (Å²) in [5, 5.41) is 0. The van der Waals surface area contributed by atoms with Gasteiger partial charge < -0.3 is 14.5 Å². The van der Waals surface area contributed by atoms with Crippen molar-refractivity contribution in [3.8, 4) is 0 Å². The van der Waals surface area contributed by atoms with Crippen molar-refractivity contribution in [1.82, 2.24) is 4.90 Å². The van der Waals surface area contributed by atoms with Crippen LogP contribution >= 0.6 is 0 Å². The lowest BCUT2D eigenvalue weighted by Crippen LogP contribution is -2.41. The molecule has 0 radical (unpaired) electrons. The molecule has 0 spiro atoms. The van der Waals surface area contributed by atoms with E-state index >= 15 is 0 Å². The highest BCUT2D eigenvalue weighted by molar-refractivity contribution is 7.92. The zero-order chi connectivity index (χ0) is 23.6. The Hall–Kier alpha value is -2.91. The van der Waals surface area contributed by atoms with Crippen molar-refractivity contribution in [3.63, 3.8) is 0 Å². The van der Waals surface area contributed by atoms with Gasteiger partial charge in [0.1, 0.15) is 0 Å². The quantitative estimate of drug-likeness (QED) is 0.646. The van der Waals surface area contributed by atoms with Gasteiger partial charge in [0.05, 0.1) is 23.8 Å². The molecule has 9 heteroatoms. The second-order valence-corrected chi connectivity index (χ2v) is 10.4. The molecule has 0 saturated carbocycles. The lowest BCUT2D eigenvalue weighted by Gasteiger charge is -2.27. The maximum absolute atomic E-state index is 13.2. The van der Waals surface area contributed by atoms with E-state index in [1.165, 1.54) is 11.4 Å². The number of aryl methyl sites for hydroxylation is 1. The first-order valence-electron chi connectivity index (χ1n) is 11.1. The Morgan fingerprint density at radius 3 is 2.33 bits per heavy atom. The van der Waals surface area contributed by atoms with Crippen molar-refractivity contribution in [3.05, 3.63) is 53.6 Å². The van der Waals surface area contributed by atoms with Gasteiger partial charge in [-0.15, -0.1) is 0 Å². The molecule has 2 aliphatic heterocycles. The Balaban J connectivity index is 1.44. The number of ether oxygens (including phenoxy) is 1. The van der Waals surface area contributed by atoms with Crippen LogP contribution < -0.4 is 9.21 Å². The van der Waals surface area contributed by atoms with Gasteiger partial charge in [0.25, 0.3) is 10.0 Å². The first kappa shape index (κ1) is 23.3. The molecule has 0 atom stereocenters. The molecule has 176 valence electrons. The molecule has 8 nitrogen and oxygen atoms in total. The van der Waals surface area contributed by atoms with Crippen LogP contribution in [0.1, 0.15) is 24.0 Å². The minimum atomic E-state index is -3.73. The fourth-order valence-electron chi connectivity index (χ4n) is 4.17. The normalized spacial score (nSPS) is 15.9. The number of nitrogens with zero attached hydrogens (tertiary/aromatic N) is 3. The maximum atomic E-state index is 13.2. The molecule has 0 aromatic heterocycles. The number of hydrogen-bond donors (Lipinski definition) is 0. The van der Waals surface area contributed by atoms with Gasteiger partial charge in [-0.1, -0.05) is 17.7 Å². The third-order valence-electron chi connectivity index (χ3n) is 6.22. The molecule has 2 aromatic carbocycles. The monoisotopic (exact) mass is 471 g/mol. The molecule has 2 aromatic rings. The van der Waals surface area contributed by atoms with Crippen LogP contribution in [0.2, 0.25) is 0 Å². The van der Waals surface area contributed by atoms with Crippen LogP contribution in [0.4, 0.5) is 11.4 Å². The van der Waals surface area contributed by atoms with E-state index in [1.54, 1.807) is 40.1 Å². The molecule has 4 rings (SSSR count). The highest BCUT2D eigenvalue weighted by Crippen LogP contribution is 2.32. The minimum absolute atomic E-state index is 0.0355. The Bertz CT molecular complexity index is 1140. The van der Waals surface area contributed by atoms with Gasteiger partial charge in [-0.25, -0.2) is 8.42 Å². The van der Waals surface area contributed by atoms with Crippen molar-refractivity contribution in [2.24, 2.45) is 0 Å². The third kappa shape index (κ3) is 4.89. The van der Waals surface area contributed by atoms with Crippen molar-refractivity contribution in [2.45, 2.75) is 31.1 Å². The molecule has 2 heterocycles. The fraction of sp³-hybridized carbons (Fsp3) is 0.417. The van der Waals surface area contributed by atoms with E-state index in [2.05, 4.69) is 0 Å². The van der Waals surface area contributed by atoms with E-state index in [9.17, 15) is 18.0 Å². The topological polar surface area (TPSA) is 87.2 Å². The van der Waals surface area contributed by atoms with Crippen molar-refractivity contribution >= 4 is 33.2 Å². The molecule has 2 aliphatic rings. The van der Waals surface area contributed by atoms with Crippen LogP contribution in [0.3, 0.4) is 0 Å². The fourth-order valence-corrected chi connectivity index (χ4v) is 5.42. The van der Waals surface area contributed by atoms with Crippen molar-refractivity contribution in [2.75, 3.05) is 49.1 Å². The number of fused-ring (bicyclic) bond motifs is 1. The van der Waals surface area contributed by atoms with E-state index < -0.39 is 10.0 Å². The van der Waals surface area contributed by atoms with Crippen LogP contribution in [0, 0.1) is 6.92 Å². The zero-order valence-electron chi connectivity index (χ0n) is 19.0. The largest absolute Gasteiger partial charge is 0.378 e. The van der Waals surface area contributed by atoms with Crippen LogP contribution in [-0.4, -0.2) is 65.0 Å². The van der Waals surface area contributed by atoms with Crippen LogP contribution in [0.5, 0.6) is 0 Å². The predicted molar refractivity (Wildman–Crippen MR) is 126 cm³/mol. The number of anilines is 2. The number of sulfonamides is 1. The molecule has 0 bridgehead atoms. The van der Waals surface area contributed by atoms with Gasteiger partial charge in [-0.05, 0) is 49.2 Å². The van der Waals surface area contributed by atoms with E-state index in [4.69, 9.17) is 4.74 Å². The first-order valence-corrected chi connectivity index (χ1v) is 12.6. The number of morpholine rings is 1. The zero-order valence-corrected chi connectivity index (χ0v) is 19.8. The second-order valence-electron chi connectivity index (χ2n) is 8.39. The summed E-state index contributed by atoms with van der Waals surface area (Å²) in [6, 6.07) is 12.2. The number of hydrogen-bond acceptors (Lipinski definition) is 5.